The normalized spacial score (nSPS) is 18.5. The van der Waals surface area contributed by atoms with Gasteiger partial charge in [0.1, 0.15) is 11.5 Å². The maximum atomic E-state index is 12.8. The summed E-state index contributed by atoms with van der Waals surface area (Å²) in [6.45, 7) is 2.16. The number of benzene rings is 4. The summed E-state index contributed by atoms with van der Waals surface area (Å²) in [5.41, 5.74) is 3.31. The summed E-state index contributed by atoms with van der Waals surface area (Å²) in [6.07, 6.45) is 9.77. The molecule has 6 heteroatoms. The number of carbonyl (C=O) groups excluding carboxylic acids is 1. The third kappa shape index (κ3) is 4.53. The zero-order chi connectivity index (χ0) is 27.0. The van der Waals surface area contributed by atoms with E-state index >= 15 is 0 Å². The minimum Gasteiger partial charge on any atom is -0.508 e. The van der Waals surface area contributed by atoms with Crippen molar-refractivity contribution in [2.24, 2.45) is 0 Å². The first kappa shape index (κ1) is 25.4. The van der Waals surface area contributed by atoms with Crippen molar-refractivity contribution in [3.63, 3.8) is 0 Å². The van der Waals surface area contributed by atoms with Crippen molar-refractivity contribution in [3.8, 4) is 11.5 Å². The van der Waals surface area contributed by atoms with E-state index in [2.05, 4.69) is 59.7 Å². The summed E-state index contributed by atoms with van der Waals surface area (Å²) in [6, 6.07) is 23.9. The van der Waals surface area contributed by atoms with Gasteiger partial charge in [0.25, 0.3) is 0 Å². The molecule has 2 aliphatic rings. The Hall–Kier alpha value is -3.90. The summed E-state index contributed by atoms with van der Waals surface area (Å²) >= 11 is 1.69. The molecule has 4 aromatic carbocycles. The van der Waals surface area contributed by atoms with Crippen molar-refractivity contribution in [3.05, 3.63) is 101 Å². The van der Waals surface area contributed by atoms with E-state index in [0.29, 0.717) is 16.9 Å². The van der Waals surface area contributed by atoms with Crippen LogP contribution in [0.15, 0.2) is 83.8 Å². The molecule has 0 saturated carbocycles. The first-order chi connectivity index (χ1) is 19.0. The van der Waals surface area contributed by atoms with Crippen LogP contribution in [0.2, 0.25) is 0 Å². The molecule has 0 aromatic heterocycles. The van der Waals surface area contributed by atoms with Crippen LogP contribution >= 0.6 is 11.8 Å². The Morgan fingerprint density at radius 3 is 2.31 bits per heavy atom. The number of fused-ring (bicyclic) bond motifs is 3. The van der Waals surface area contributed by atoms with Crippen LogP contribution in [0.4, 0.5) is 5.69 Å². The molecule has 1 fully saturated rings. The summed E-state index contributed by atoms with van der Waals surface area (Å²) in [4.78, 5) is 16.4. The number of methoxy groups -OCH3 is 1. The van der Waals surface area contributed by atoms with Crippen LogP contribution in [-0.2, 0) is 10.3 Å². The first-order valence-electron chi connectivity index (χ1n) is 13.3. The van der Waals surface area contributed by atoms with Gasteiger partial charge in [-0.15, -0.1) is 11.8 Å². The number of ether oxygens (including phenoxy) is 2. The van der Waals surface area contributed by atoms with Crippen LogP contribution in [-0.4, -0.2) is 37.5 Å². The lowest BCUT2D eigenvalue weighted by molar-refractivity contribution is 0.0599. The number of piperidine rings is 1. The SMILES string of the molecule is COC(=O)c1cc2ccc(O)cc2c2c1C=CC(c1ccc(SC)cc1)(c1ccc(N3CCCCC3)cc1)O2. The van der Waals surface area contributed by atoms with Crippen LogP contribution in [0.1, 0.15) is 46.3 Å². The van der Waals surface area contributed by atoms with Gasteiger partial charge < -0.3 is 19.5 Å². The molecule has 2 heterocycles. The predicted molar refractivity (Wildman–Crippen MR) is 158 cm³/mol. The molecular formula is C33H31NO4S. The van der Waals surface area contributed by atoms with E-state index in [-0.39, 0.29) is 5.75 Å². The Bertz CT molecular complexity index is 1560. The predicted octanol–water partition coefficient (Wildman–Crippen LogP) is 7.39. The Kier molecular flexibility index (Phi) is 6.73. The van der Waals surface area contributed by atoms with Crippen LogP contribution in [0, 0.1) is 0 Å². The number of thioether (sulfide) groups is 1. The van der Waals surface area contributed by atoms with E-state index in [1.54, 1.807) is 36.0 Å². The van der Waals surface area contributed by atoms with Gasteiger partial charge in [0, 0.05) is 45.7 Å². The second-order valence-electron chi connectivity index (χ2n) is 10.1. The monoisotopic (exact) mass is 537 g/mol. The Morgan fingerprint density at radius 2 is 1.64 bits per heavy atom. The smallest absolute Gasteiger partial charge is 0.338 e. The topological polar surface area (TPSA) is 59.0 Å². The fourth-order valence-corrected chi connectivity index (χ4v) is 6.11. The standard InChI is InChI=1S/C33H31NO4S/c1-37-32(36)30-20-22-6-13-26(35)21-29(22)31-28(30)16-17-33(38-31,24-9-14-27(39-2)15-10-24)23-7-11-25(12-8-23)34-18-4-3-5-19-34/h6-17,20-21,35H,3-5,18-19H2,1-2H3. The van der Waals surface area contributed by atoms with E-state index in [1.807, 2.05) is 12.2 Å². The fourth-order valence-electron chi connectivity index (χ4n) is 5.70. The van der Waals surface area contributed by atoms with E-state index in [4.69, 9.17) is 9.47 Å². The number of rotatable bonds is 5. The molecule has 0 radical (unpaired) electrons. The van der Waals surface area contributed by atoms with Gasteiger partial charge in [0.2, 0.25) is 0 Å². The third-order valence-corrected chi connectivity index (χ3v) is 8.55. The lowest BCUT2D eigenvalue weighted by Gasteiger charge is -2.37. The number of phenolic OH excluding ortho intramolecular Hbond substituents is 1. The number of esters is 1. The van der Waals surface area contributed by atoms with Crippen molar-refractivity contribution in [1.29, 1.82) is 0 Å². The number of aromatic hydroxyl groups is 1. The van der Waals surface area contributed by atoms with E-state index in [1.165, 1.54) is 32.1 Å². The average Bonchev–Trinajstić information content (AvgIpc) is 3.00. The van der Waals surface area contributed by atoms with Gasteiger partial charge in [0.05, 0.1) is 12.7 Å². The van der Waals surface area contributed by atoms with Gasteiger partial charge in [-0.2, -0.15) is 0 Å². The number of hydrogen-bond acceptors (Lipinski definition) is 6. The molecule has 1 saturated heterocycles. The van der Waals surface area contributed by atoms with Crippen molar-refractivity contribution in [2.45, 2.75) is 29.8 Å². The average molecular weight is 538 g/mol. The summed E-state index contributed by atoms with van der Waals surface area (Å²) in [7, 11) is 1.38. The zero-order valence-corrected chi connectivity index (χ0v) is 23.0. The molecule has 0 aliphatic carbocycles. The molecule has 1 N–H and O–H groups in total. The molecule has 4 aromatic rings. The lowest BCUT2D eigenvalue weighted by atomic mass is 9.82. The quantitative estimate of drug-likeness (QED) is 0.212. The molecule has 198 valence electrons. The molecule has 1 atom stereocenters. The number of nitrogens with zero attached hydrogens (tertiary/aromatic N) is 1. The first-order valence-corrected chi connectivity index (χ1v) is 14.5. The molecule has 0 amide bonds. The van der Waals surface area contributed by atoms with Gasteiger partial charge in [0.15, 0.2) is 5.60 Å². The Labute approximate surface area is 233 Å². The van der Waals surface area contributed by atoms with Gasteiger partial charge in [-0.05, 0) is 85.5 Å². The zero-order valence-electron chi connectivity index (χ0n) is 22.1. The molecule has 1 unspecified atom stereocenters. The van der Waals surface area contributed by atoms with Gasteiger partial charge in [-0.25, -0.2) is 4.79 Å². The minimum absolute atomic E-state index is 0.134. The largest absolute Gasteiger partial charge is 0.508 e. The van der Waals surface area contributed by atoms with E-state index < -0.39 is 11.6 Å². The number of anilines is 1. The van der Waals surface area contributed by atoms with Crippen LogP contribution < -0.4 is 9.64 Å². The van der Waals surface area contributed by atoms with Crippen LogP contribution in [0.3, 0.4) is 0 Å². The second-order valence-corrected chi connectivity index (χ2v) is 10.9. The van der Waals surface area contributed by atoms with Crippen LogP contribution in [0.5, 0.6) is 11.5 Å². The Morgan fingerprint density at radius 1 is 0.949 bits per heavy atom. The number of hydrogen-bond donors (Lipinski definition) is 1. The van der Waals surface area contributed by atoms with Gasteiger partial charge >= 0.3 is 5.97 Å². The summed E-state index contributed by atoms with van der Waals surface area (Å²) in [5, 5.41) is 11.9. The molecule has 6 rings (SSSR count). The number of phenols is 1. The highest BCUT2D eigenvalue weighted by Crippen LogP contribution is 2.47. The summed E-state index contributed by atoms with van der Waals surface area (Å²) < 4.78 is 12.1. The van der Waals surface area contributed by atoms with Crippen molar-refractivity contribution < 1.29 is 19.4 Å². The van der Waals surface area contributed by atoms with Crippen molar-refractivity contribution in [2.75, 3.05) is 31.4 Å². The van der Waals surface area contributed by atoms with E-state index in [0.717, 1.165) is 39.9 Å². The Balaban J connectivity index is 1.54. The van der Waals surface area contributed by atoms with Crippen LogP contribution in [0.25, 0.3) is 16.8 Å². The minimum atomic E-state index is -0.933. The molecule has 5 nitrogen and oxygen atoms in total. The second kappa shape index (κ2) is 10.3. The molecule has 2 aliphatic heterocycles. The van der Waals surface area contributed by atoms with Gasteiger partial charge in [-0.3, -0.25) is 0 Å². The van der Waals surface area contributed by atoms with Gasteiger partial charge in [-0.1, -0.05) is 30.3 Å². The molecule has 39 heavy (non-hydrogen) atoms. The molecular weight excluding hydrogens is 506 g/mol. The third-order valence-electron chi connectivity index (χ3n) is 7.81. The molecule has 0 bridgehead atoms. The highest BCUT2D eigenvalue weighted by molar-refractivity contribution is 7.98. The maximum Gasteiger partial charge on any atom is 0.338 e. The highest BCUT2D eigenvalue weighted by atomic mass is 32.2. The van der Waals surface area contributed by atoms with Crippen molar-refractivity contribution in [1.82, 2.24) is 0 Å². The van der Waals surface area contributed by atoms with E-state index in [9.17, 15) is 9.90 Å². The summed E-state index contributed by atoms with van der Waals surface area (Å²) in [5.74, 6) is 0.243. The maximum absolute atomic E-state index is 12.8. The number of carbonyl (C=O) groups is 1. The molecule has 0 spiro atoms. The lowest BCUT2D eigenvalue weighted by Crippen LogP contribution is -2.35. The fraction of sp³-hybridized carbons (Fsp3) is 0.242. The highest BCUT2D eigenvalue weighted by Gasteiger charge is 2.39. The van der Waals surface area contributed by atoms with Crippen molar-refractivity contribution >= 4 is 40.3 Å².